The third-order valence-corrected chi connectivity index (χ3v) is 8.86. The predicted molar refractivity (Wildman–Crippen MR) is 169 cm³/mol. The van der Waals surface area contributed by atoms with Gasteiger partial charge in [0.25, 0.3) is 0 Å². The van der Waals surface area contributed by atoms with Gasteiger partial charge in [-0.25, -0.2) is 14.8 Å². The maximum Gasteiger partial charge on any atom is 0.420 e. The average Bonchev–Trinajstić information content (AvgIpc) is 3.67. The number of nitrogens with two attached hydrogens (primary N) is 1. The van der Waals surface area contributed by atoms with E-state index in [9.17, 15) is 18.0 Å². The number of nitrogen functional groups attached to an aromatic ring is 1. The number of urea groups is 1. The Morgan fingerprint density at radius 1 is 1.07 bits per heavy atom. The lowest BCUT2D eigenvalue weighted by Crippen LogP contribution is -2.36. The SMILES string of the molecule is CN1CCC(Oc2ccc(NC(=O)Nc3ccc(-c4cn(C5CC5)c5ncnc(N)c45)c4c3OC(C)(C)C4)cc2C(F)(F)F)CC1. The van der Waals surface area contributed by atoms with Crippen LogP contribution in [0.15, 0.2) is 42.9 Å². The number of anilines is 3. The van der Waals surface area contributed by atoms with Crippen LogP contribution < -0.4 is 25.8 Å². The van der Waals surface area contributed by atoms with Crippen LogP contribution in [0.2, 0.25) is 0 Å². The number of hydrogen-bond acceptors (Lipinski definition) is 7. The molecule has 13 heteroatoms. The van der Waals surface area contributed by atoms with Gasteiger partial charge in [0.2, 0.25) is 0 Å². The summed E-state index contributed by atoms with van der Waals surface area (Å²) < 4.78 is 56.4. The summed E-state index contributed by atoms with van der Waals surface area (Å²) in [7, 11) is 1.97. The molecule has 0 radical (unpaired) electrons. The van der Waals surface area contributed by atoms with Gasteiger partial charge in [0.15, 0.2) is 0 Å². The number of carbonyl (C=O) groups is 1. The van der Waals surface area contributed by atoms with Gasteiger partial charge in [-0.15, -0.1) is 0 Å². The van der Waals surface area contributed by atoms with Gasteiger partial charge in [-0.3, -0.25) is 0 Å². The van der Waals surface area contributed by atoms with Crippen molar-refractivity contribution in [1.82, 2.24) is 19.4 Å². The highest BCUT2D eigenvalue weighted by Crippen LogP contribution is 2.49. The van der Waals surface area contributed by atoms with E-state index in [4.69, 9.17) is 15.2 Å². The van der Waals surface area contributed by atoms with Crippen molar-refractivity contribution in [3.05, 3.63) is 54.0 Å². The van der Waals surface area contributed by atoms with E-state index in [0.717, 1.165) is 59.7 Å². The third kappa shape index (κ3) is 5.79. The molecule has 4 aromatic rings. The van der Waals surface area contributed by atoms with E-state index in [1.165, 1.54) is 18.5 Å². The van der Waals surface area contributed by atoms with Crippen molar-refractivity contribution in [3.8, 4) is 22.6 Å². The zero-order valence-electron chi connectivity index (χ0n) is 25.9. The highest BCUT2D eigenvalue weighted by Gasteiger charge is 2.38. The number of nitrogens with one attached hydrogen (secondary N) is 2. The quantitative estimate of drug-likeness (QED) is 0.212. The lowest BCUT2D eigenvalue weighted by Gasteiger charge is -2.30. The van der Waals surface area contributed by atoms with Crippen LogP contribution in [0.3, 0.4) is 0 Å². The van der Waals surface area contributed by atoms with Crippen LogP contribution in [0.25, 0.3) is 22.2 Å². The lowest BCUT2D eigenvalue weighted by molar-refractivity contribution is -0.139. The average molecular weight is 636 g/mol. The molecule has 2 fully saturated rings. The first-order valence-electron chi connectivity index (χ1n) is 15.5. The van der Waals surface area contributed by atoms with Crippen molar-refractivity contribution >= 4 is 34.3 Å². The van der Waals surface area contributed by atoms with Gasteiger partial charge in [-0.1, -0.05) is 6.07 Å². The van der Waals surface area contributed by atoms with Crippen molar-refractivity contribution in [2.75, 3.05) is 36.5 Å². The molecule has 2 aromatic carbocycles. The van der Waals surface area contributed by atoms with Gasteiger partial charge in [-0.05, 0) is 76.4 Å². The molecule has 2 aliphatic heterocycles. The Labute approximate surface area is 264 Å². The molecule has 2 amide bonds. The Morgan fingerprint density at radius 3 is 2.54 bits per heavy atom. The molecule has 0 spiro atoms. The number of ether oxygens (including phenoxy) is 2. The molecule has 4 N–H and O–H groups in total. The summed E-state index contributed by atoms with van der Waals surface area (Å²) in [5, 5.41) is 6.10. The Kier molecular flexibility index (Phi) is 7.26. The van der Waals surface area contributed by atoms with E-state index in [1.807, 2.05) is 27.0 Å². The van der Waals surface area contributed by atoms with Gasteiger partial charge in [0.1, 0.15) is 41.0 Å². The topological polar surface area (TPSA) is 120 Å². The largest absolute Gasteiger partial charge is 0.490 e. The van der Waals surface area contributed by atoms with E-state index in [2.05, 4.69) is 36.3 Å². The lowest BCUT2D eigenvalue weighted by atomic mass is 9.93. The molecule has 3 aliphatic rings. The van der Waals surface area contributed by atoms with Gasteiger partial charge in [0, 0.05) is 48.6 Å². The minimum absolute atomic E-state index is 0.0153. The Morgan fingerprint density at radius 2 is 1.83 bits per heavy atom. The maximum absolute atomic E-state index is 14.1. The number of carbonyl (C=O) groups excluding carboxylic acids is 1. The number of piperidine rings is 1. The second-order valence-electron chi connectivity index (χ2n) is 13.1. The van der Waals surface area contributed by atoms with Gasteiger partial charge >= 0.3 is 12.2 Å². The van der Waals surface area contributed by atoms with Crippen LogP contribution in [-0.4, -0.2) is 57.3 Å². The molecule has 1 aliphatic carbocycles. The number of fused-ring (bicyclic) bond motifs is 2. The monoisotopic (exact) mass is 635 g/mol. The van der Waals surface area contributed by atoms with Crippen LogP contribution >= 0.6 is 0 Å². The molecular weight excluding hydrogens is 599 g/mol. The standard InChI is InChI=1S/C33H36F3N7O3/c1-32(2)15-22-21(23-16-43(19-5-6-19)30-27(23)29(37)38-17-39-30)7-8-25(28(22)46-32)41-31(44)40-18-4-9-26(24(14-18)33(34,35)36)45-20-10-12-42(3)13-11-20/h4,7-9,14,16-17,19-20H,5-6,10-13,15H2,1-3H3,(H2,37,38,39)(H2,40,41,44). The van der Waals surface area contributed by atoms with Gasteiger partial charge in [-0.2, -0.15) is 13.2 Å². The van der Waals surface area contributed by atoms with Crippen LogP contribution in [0.5, 0.6) is 11.5 Å². The Bertz CT molecular complexity index is 1830. The summed E-state index contributed by atoms with van der Waals surface area (Å²) in [5.41, 5.74) is 8.68. The van der Waals surface area contributed by atoms with Crippen molar-refractivity contribution in [2.45, 2.75) is 69.9 Å². The van der Waals surface area contributed by atoms with Gasteiger partial charge < -0.3 is 35.3 Å². The fraction of sp³-hybridized carbons (Fsp3) is 0.424. The number of halogens is 3. The highest BCUT2D eigenvalue weighted by molar-refractivity contribution is 6.04. The van der Waals surface area contributed by atoms with Crippen LogP contribution in [0.4, 0.5) is 35.2 Å². The second-order valence-corrected chi connectivity index (χ2v) is 13.1. The van der Waals surface area contributed by atoms with Crippen molar-refractivity contribution < 1.29 is 27.4 Å². The van der Waals surface area contributed by atoms with Crippen molar-refractivity contribution in [2.24, 2.45) is 0 Å². The first-order chi connectivity index (χ1) is 21.9. The zero-order chi connectivity index (χ0) is 32.4. The molecule has 2 aromatic heterocycles. The maximum atomic E-state index is 14.1. The van der Waals surface area contributed by atoms with Crippen LogP contribution in [0.1, 0.15) is 56.7 Å². The number of amides is 2. The molecule has 1 saturated heterocycles. The van der Waals surface area contributed by atoms with E-state index in [-0.39, 0.29) is 17.5 Å². The molecule has 10 nitrogen and oxygen atoms in total. The fourth-order valence-corrected chi connectivity index (χ4v) is 6.45. The second kappa shape index (κ2) is 11.1. The Hall–Kier alpha value is -4.52. The molecule has 7 rings (SSSR count). The number of alkyl halides is 3. The number of rotatable bonds is 6. The summed E-state index contributed by atoms with van der Waals surface area (Å²) in [6, 6.07) is 6.87. The molecule has 0 atom stereocenters. The molecule has 242 valence electrons. The molecule has 0 unspecified atom stereocenters. The molecule has 1 saturated carbocycles. The van der Waals surface area contributed by atoms with Crippen LogP contribution in [0, 0.1) is 0 Å². The number of benzene rings is 2. The third-order valence-electron chi connectivity index (χ3n) is 8.86. The summed E-state index contributed by atoms with van der Waals surface area (Å²) in [6.07, 6.45) is 2.54. The van der Waals surface area contributed by atoms with Crippen LogP contribution in [-0.2, 0) is 12.6 Å². The number of aromatic nitrogens is 3. The fourth-order valence-electron chi connectivity index (χ4n) is 6.45. The normalized spacial score (nSPS) is 18.3. The van der Waals surface area contributed by atoms with Crippen molar-refractivity contribution in [3.63, 3.8) is 0 Å². The first kappa shape index (κ1) is 30.2. The highest BCUT2D eigenvalue weighted by atomic mass is 19.4. The summed E-state index contributed by atoms with van der Waals surface area (Å²) in [5.74, 6) is 0.637. The molecular formula is C33H36F3N7O3. The summed E-state index contributed by atoms with van der Waals surface area (Å²) in [4.78, 5) is 24.0. The zero-order valence-corrected chi connectivity index (χ0v) is 25.9. The number of likely N-dealkylation sites (tertiary alicyclic amines) is 1. The van der Waals surface area contributed by atoms with Crippen molar-refractivity contribution in [1.29, 1.82) is 0 Å². The number of hydrogen-bond donors (Lipinski definition) is 3. The van der Waals surface area contributed by atoms with E-state index >= 15 is 0 Å². The van der Waals surface area contributed by atoms with Gasteiger partial charge in [0.05, 0.1) is 16.6 Å². The minimum atomic E-state index is -4.66. The molecule has 46 heavy (non-hydrogen) atoms. The smallest absolute Gasteiger partial charge is 0.420 e. The molecule has 4 heterocycles. The number of nitrogens with zero attached hydrogens (tertiary/aromatic N) is 4. The Balaban J connectivity index is 1.16. The summed E-state index contributed by atoms with van der Waals surface area (Å²) in [6.45, 7) is 5.42. The predicted octanol–water partition coefficient (Wildman–Crippen LogP) is 6.86. The minimum Gasteiger partial charge on any atom is -0.490 e. The molecule has 0 bridgehead atoms. The van der Waals surface area contributed by atoms with E-state index in [1.54, 1.807) is 6.07 Å². The van der Waals surface area contributed by atoms with E-state index in [0.29, 0.717) is 42.6 Å². The summed E-state index contributed by atoms with van der Waals surface area (Å²) >= 11 is 0. The van der Waals surface area contributed by atoms with E-state index < -0.39 is 23.4 Å². The first-order valence-corrected chi connectivity index (χ1v) is 15.5.